The van der Waals surface area contributed by atoms with Crippen molar-refractivity contribution in [3.05, 3.63) is 84.9 Å². The Bertz CT molecular complexity index is 1120. The summed E-state index contributed by atoms with van der Waals surface area (Å²) < 4.78 is 0. The molecule has 0 heterocycles. The van der Waals surface area contributed by atoms with Crippen molar-refractivity contribution in [3.8, 4) is 11.1 Å². The molecule has 0 fully saturated rings. The number of hydrogen-bond donors (Lipinski definition) is 0. The van der Waals surface area contributed by atoms with E-state index < -0.39 is 0 Å². The van der Waals surface area contributed by atoms with E-state index in [9.17, 15) is 0 Å². The average molecular weight is 278 g/mol. The summed E-state index contributed by atoms with van der Waals surface area (Å²) in [6, 6.07) is 30.8. The molecular formula is C22H14. The molecule has 0 saturated carbocycles. The minimum atomic E-state index is 1.30. The first kappa shape index (κ1) is 11.8. The first-order chi connectivity index (χ1) is 10.9. The van der Waals surface area contributed by atoms with E-state index in [1.807, 2.05) is 0 Å². The lowest BCUT2D eigenvalue weighted by Crippen LogP contribution is -1.80. The average Bonchev–Trinajstić information content (AvgIpc) is 2.95. The van der Waals surface area contributed by atoms with E-state index in [1.54, 1.807) is 0 Å². The summed E-state index contributed by atoms with van der Waals surface area (Å²) in [6.07, 6.45) is 0. The zero-order chi connectivity index (χ0) is 14.5. The number of hydrogen-bond acceptors (Lipinski definition) is 0. The van der Waals surface area contributed by atoms with Crippen molar-refractivity contribution < 1.29 is 0 Å². The van der Waals surface area contributed by atoms with Crippen LogP contribution >= 0.6 is 0 Å². The van der Waals surface area contributed by atoms with E-state index in [0.29, 0.717) is 0 Å². The summed E-state index contributed by atoms with van der Waals surface area (Å²) in [5.74, 6) is 0. The van der Waals surface area contributed by atoms with Gasteiger partial charge in [-0.2, -0.15) is 0 Å². The SMILES string of the molecule is c1cc2cccc3c(ccc4ccc5ccccc5c43)c-2c1. The van der Waals surface area contributed by atoms with Crippen LogP contribution in [0.1, 0.15) is 0 Å². The van der Waals surface area contributed by atoms with Crippen LogP contribution in [0.4, 0.5) is 0 Å². The van der Waals surface area contributed by atoms with Gasteiger partial charge in [-0.25, -0.2) is 0 Å². The zero-order valence-corrected chi connectivity index (χ0v) is 12.1. The van der Waals surface area contributed by atoms with E-state index in [-0.39, 0.29) is 0 Å². The van der Waals surface area contributed by atoms with E-state index in [2.05, 4.69) is 84.9 Å². The largest absolute Gasteiger partial charge is 0.0616 e. The second-order valence-electron chi connectivity index (χ2n) is 5.83. The van der Waals surface area contributed by atoms with Gasteiger partial charge in [0.05, 0.1) is 0 Å². The maximum Gasteiger partial charge on any atom is -0.00266 e. The second-order valence-corrected chi connectivity index (χ2v) is 5.83. The fourth-order valence-electron chi connectivity index (χ4n) is 3.61. The Morgan fingerprint density at radius 3 is 2.09 bits per heavy atom. The monoisotopic (exact) mass is 278 g/mol. The Morgan fingerprint density at radius 2 is 1.14 bits per heavy atom. The second kappa shape index (κ2) is 4.32. The van der Waals surface area contributed by atoms with Crippen LogP contribution in [-0.4, -0.2) is 0 Å². The van der Waals surface area contributed by atoms with Crippen LogP contribution in [0.15, 0.2) is 84.9 Å². The van der Waals surface area contributed by atoms with Gasteiger partial charge in [-0.15, -0.1) is 0 Å². The normalized spacial score (nSPS) is 11.6. The Hall–Kier alpha value is -2.86. The van der Waals surface area contributed by atoms with Crippen molar-refractivity contribution in [2.75, 3.05) is 0 Å². The lowest BCUT2D eigenvalue weighted by atomic mass is 9.96. The lowest BCUT2D eigenvalue weighted by molar-refractivity contribution is 1.79. The minimum absolute atomic E-state index is 1.30. The van der Waals surface area contributed by atoms with Crippen LogP contribution in [0.5, 0.6) is 0 Å². The fourth-order valence-corrected chi connectivity index (χ4v) is 3.61. The maximum atomic E-state index is 2.26. The molecule has 0 aliphatic heterocycles. The molecule has 0 bridgehead atoms. The third-order valence-electron chi connectivity index (χ3n) is 4.63. The van der Waals surface area contributed by atoms with Crippen LogP contribution in [0.3, 0.4) is 0 Å². The van der Waals surface area contributed by atoms with E-state index in [0.717, 1.165) is 0 Å². The Kier molecular flexibility index (Phi) is 2.31. The highest BCUT2D eigenvalue weighted by atomic mass is 14.1. The molecular weight excluding hydrogens is 264 g/mol. The van der Waals surface area contributed by atoms with Gasteiger partial charge in [-0.1, -0.05) is 84.9 Å². The van der Waals surface area contributed by atoms with Gasteiger partial charge in [0.15, 0.2) is 0 Å². The van der Waals surface area contributed by atoms with E-state index in [1.165, 1.54) is 43.4 Å². The Balaban J connectivity index is 2.12. The molecule has 2 aliphatic rings. The van der Waals surface area contributed by atoms with Gasteiger partial charge >= 0.3 is 0 Å². The van der Waals surface area contributed by atoms with Crippen molar-refractivity contribution >= 4 is 32.3 Å². The lowest BCUT2D eigenvalue weighted by Gasteiger charge is -2.08. The number of benzene rings is 3. The molecule has 0 saturated heterocycles. The smallest absolute Gasteiger partial charge is 0.00266 e. The Labute approximate surface area is 129 Å². The van der Waals surface area contributed by atoms with Crippen LogP contribution in [0.25, 0.3) is 43.4 Å². The molecule has 0 spiro atoms. The van der Waals surface area contributed by atoms with Crippen molar-refractivity contribution in [1.29, 1.82) is 0 Å². The van der Waals surface area contributed by atoms with Crippen LogP contribution in [-0.2, 0) is 0 Å². The van der Waals surface area contributed by atoms with E-state index in [4.69, 9.17) is 0 Å². The first-order valence-electron chi connectivity index (χ1n) is 7.64. The highest BCUT2D eigenvalue weighted by molar-refractivity contribution is 6.22. The molecule has 0 nitrogen and oxygen atoms in total. The molecule has 0 radical (unpaired) electrons. The van der Waals surface area contributed by atoms with Crippen LogP contribution in [0.2, 0.25) is 0 Å². The van der Waals surface area contributed by atoms with Crippen molar-refractivity contribution in [2.24, 2.45) is 0 Å². The third-order valence-corrected chi connectivity index (χ3v) is 4.63. The molecule has 0 heteroatoms. The zero-order valence-electron chi connectivity index (χ0n) is 12.1. The summed E-state index contributed by atoms with van der Waals surface area (Å²) in [4.78, 5) is 0. The molecule has 0 amide bonds. The van der Waals surface area contributed by atoms with Gasteiger partial charge in [0.1, 0.15) is 0 Å². The number of rotatable bonds is 0. The van der Waals surface area contributed by atoms with Gasteiger partial charge in [0.2, 0.25) is 0 Å². The summed E-state index contributed by atoms with van der Waals surface area (Å²) in [5, 5.41) is 7.94. The van der Waals surface area contributed by atoms with Gasteiger partial charge < -0.3 is 0 Å². The van der Waals surface area contributed by atoms with Gasteiger partial charge in [0, 0.05) is 0 Å². The summed E-state index contributed by atoms with van der Waals surface area (Å²) >= 11 is 0. The highest BCUT2D eigenvalue weighted by Crippen LogP contribution is 2.36. The van der Waals surface area contributed by atoms with Crippen molar-refractivity contribution in [2.45, 2.75) is 0 Å². The molecule has 0 aromatic heterocycles. The summed E-state index contributed by atoms with van der Waals surface area (Å²) in [6.45, 7) is 0. The van der Waals surface area contributed by atoms with Crippen LogP contribution < -0.4 is 0 Å². The van der Waals surface area contributed by atoms with Crippen LogP contribution in [0, 0.1) is 0 Å². The third kappa shape index (κ3) is 1.52. The van der Waals surface area contributed by atoms with Gasteiger partial charge in [-0.3, -0.25) is 0 Å². The molecule has 3 aromatic rings. The first-order valence-corrected chi connectivity index (χ1v) is 7.64. The molecule has 3 aromatic carbocycles. The highest BCUT2D eigenvalue weighted by Gasteiger charge is 2.09. The fraction of sp³-hybridized carbons (Fsp3) is 0. The maximum absolute atomic E-state index is 2.26. The van der Waals surface area contributed by atoms with Crippen molar-refractivity contribution in [1.82, 2.24) is 0 Å². The minimum Gasteiger partial charge on any atom is -0.0616 e. The molecule has 0 N–H and O–H groups in total. The quantitative estimate of drug-likeness (QED) is 0.294. The van der Waals surface area contributed by atoms with E-state index >= 15 is 0 Å². The molecule has 2 aliphatic carbocycles. The molecule has 22 heavy (non-hydrogen) atoms. The van der Waals surface area contributed by atoms with Gasteiger partial charge in [0.25, 0.3) is 0 Å². The molecule has 0 atom stereocenters. The predicted octanol–water partition coefficient (Wildman–Crippen LogP) is 6.25. The standard InChI is InChI=1S/C22H14/c1-2-8-19-16(5-1)11-12-17-13-14-20-18-9-3-6-15(18)7-4-10-21(20)22(17)19/h1-14H. The summed E-state index contributed by atoms with van der Waals surface area (Å²) in [7, 11) is 0. The molecule has 0 unspecified atom stereocenters. The molecule has 5 rings (SSSR count). The molecule has 102 valence electrons. The topological polar surface area (TPSA) is 0 Å². The summed E-state index contributed by atoms with van der Waals surface area (Å²) in [5.41, 5.74) is 2.63. The van der Waals surface area contributed by atoms with Crippen molar-refractivity contribution in [3.63, 3.8) is 0 Å². The number of fused-ring (bicyclic) bond motifs is 7. The predicted molar refractivity (Wildman–Crippen MR) is 95.6 cm³/mol. The Morgan fingerprint density at radius 1 is 0.409 bits per heavy atom. The van der Waals surface area contributed by atoms with Gasteiger partial charge in [-0.05, 0) is 43.4 Å².